The van der Waals surface area contributed by atoms with Crippen LogP contribution in [0.4, 0.5) is 5.13 Å². The number of thioether (sulfide) groups is 1. The number of nitrogens with zero attached hydrogens (tertiary/aromatic N) is 2. The highest BCUT2D eigenvalue weighted by Gasteiger charge is 2.22. The second kappa shape index (κ2) is 9.53. The molecule has 1 atom stereocenters. The summed E-state index contributed by atoms with van der Waals surface area (Å²) < 4.78 is 0. The minimum absolute atomic E-state index is 0.253. The Bertz CT molecular complexity index is 733. The van der Waals surface area contributed by atoms with Gasteiger partial charge in [0, 0.05) is 5.56 Å². The molecule has 134 valence electrons. The van der Waals surface area contributed by atoms with E-state index in [-0.39, 0.29) is 11.8 Å². The van der Waals surface area contributed by atoms with Crippen molar-refractivity contribution in [3.8, 4) is 0 Å². The number of rotatable bonds is 8. The van der Waals surface area contributed by atoms with Gasteiger partial charge in [-0.05, 0) is 43.9 Å². The lowest BCUT2D eigenvalue weighted by molar-refractivity contribution is -0.118. The van der Waals surface area contributed by atoms with E-state index in [2.05, 4.69) is 20.8 Å². The van der Waals surface area contributed by atoms with Crippen LogP contribution in [-0.4, -0.2) is 40.1 Å². The van der Waals surface area contributed by atoms with Crippen LogP contribution >= 0.6 is 23.1 Å². The first-order valence-electron chi connectivity index (χ1n) is 8.03. The normalized spacial score (nSPS) is 11.8. The molecule has 25 heavy (non-hydrogen) atoms. The first-order chi connectivity index (χ1) is 12.0. The van der Waals surface area contributed by atoms with Crippen molar-refractivity contribution in [3.63, 3.8) is 0 Å². The topological polar surface area (TPSA) is 84.0 Å². The van der Waals surface area contributed by atoms with Gasteiger partial charge in [0.25, 0.3) is 5.91 Å². The van der Waals surface area contributed by atoms with Gasteiger partial charge in [-0.2, -0.15) is 11.8 Å². The van der Waals surface area contributed by atoms with E-state index >= 15 is 0 Å². The first-order valence-corrected chi connectivity index (χ1v) is 10.2. The van der Waals surface area contributed by atoms with Gasteiger partial charge in [0.05, 0.1) is 0 Å². The van der Waals surface area contributed by atoms with Crippen LogP contribution in [0.5, 0.6) is 0 Å². The Morgan fingerprint density at radius 1 is 1.32 bits per heavy atom. The Morgan fingerprint density at radius 2 is 2.12 bits per heavy atom. The van der Waals surface area contributed by atoms with Crippen LogP contribution in [0.15, 0.2) is 24.3 Å². The molecule has 1 aromatic heterocycles. The molecule has 0 aliphatic rings. The van der Waals surface area contributed by atoms with E-state index in [9.17, 15) is 9.59 Å². The number of hydrogen-bond donors (Lipinski definition) is 2. The summed E-state index contributed by atoms with van der Waals surface area (Å²) in [6.45, 7) is 3.91. The molecule has 0 radical (unpaired) electrons. The lowest BCUT2D eigenvalue weighted by atomic mass is 10.1. The summed E-state index contributed by atoms with van der Waals surface area (Å²) >= 11 is 2.98. The van der Waals surface area contributed by atoms with Crippen LogP contribution in [0, 0.1) is 6.92 Å². The summed E-state index contributed by atoms with van der Waals surface area (Å²) in [5.41, 5.74) is 1.55. The average molecular weight is 379 g/mol. The maximum absolute atomic E-state index is 12.6. The predicted octanol–water partition coefficient (Wildman–Crippen LogP) is 2.90. The number of hydrogen-bond acceptors (Lipinski definition) is 6. The molecule has 8 heteroatoms. The highest BCUT2D eigenvalue weighted by atomic mass is 32.2. The van der Waals surface area contributed by atoms with Gasteiger partial charge < -0.3 is 5.32 Å². The number of benzene rings is 1. The zero-order chi connectivity index (χ0) is 18.2. The molecule has 0 bridgehead atoms. The minimum atomic E-state index is -0.616. The Kier molecular flexibility index (Phi) is 7.39. The van der Waals surface area contributed by atoms with Crippen molar-refractivity contribution in [1.82, 2.24) is 15.5 Å². The molecule has 2 N–H and O–H groups in total. The summed E-state index contributed by atoms with van der Waals surface area (Å²) in [6.07, 6.45) is 3.28. The highest BCUT2D eigenvalue weighted by Crippen LogP contribution is 2.16. The Labute approximate surface area is 155 Å². The van der Waals surface area contributed by atoms with E-state index in [4.69, 9.17) is 0 Å². The van der Waals surface area contributed by atoms with E-state index < -0.39 is 6.04 Å². The largest absolute Gasteiger partial charge is 0.340 e. The lowest BCUT2D eigenvalue weighted by Crippen LogP contribution is -2.44. The van der Waals surface area contributed by atoms with Crippen molar-refractivity contribution >= 4 is 40.0 Å². The van der Waals surface area contributed by atoms with Gasteiger partial charge in [-0.1, -0.05) is 36.0 Å². The zero-order valence-electron chi connectivity index (χ0n) is 14.5. The van der Waals surface area contributed by atoms with Crippen molar-refractivity contribution < 1.29 is 9.59 Å². The molecule has 0 fully saturated rings. The van der Waals surface area contributed by atoms with Crippen LogP contribution in [0.3, 0.4) is 0 Å². The van der Waals surface area contributed by atoms with Crippen LogP contribution in [0.2, 0.25) is 0 Å². The molecule has 2 rings (SSSR count). The van der Waals surface area contributed by atoms with Gasteiger partial charge in [0.15, 0.2) is 0 Å². The van der Waals surface area contributed by atoms with Crippen molar-refractivity contribution in [3.05, 3.63) is 40.4 Å². The fourth-order valence-corrected chi connectivity index (χ4v) is 3.33. The lowest BCUT2D eigenvalue weighted by Gasteiger charge is -2.17. The third-order valence-electron chi connectivity index (χ3n) is 3.51. The molecule has 1 aromatic carbocycles. The van der Waals surface area contributed by atoms with E-state index in [1.165, 1.54) is 11.3 Å². The van der Waals surface area contributed by atoms with Crippen molar-refractivity contribution in [2.75, 3.05) is 17.3 Å². The van der Waals surface area contributed by atoms with Crippen LogP contribution in [-0.2, 0) is 11.2 Å². The molecule has 0 aliphatic carbocycles. The quantitative estimate of drug-likeness (QED) is 0.738. The second-order valence-corrected chi connectivity index (χ2v) is 7.57. The fraction of sp³-hybridized carbons (Fsp3) is 0.412. The average Bonchev–Trinajstić information content (AvgIpc) is 3.05. The molecular formula is C17H22N4O2S2. The molecule has 2 aromatic rings. The molecule has 0 saturated heterocycles. The highest BCUT2D eigenvalue weighted by molar-refractivity contribution is 7.98. The predicted molar refractivity (Wildman–Crippen MR) is 103 cm³/mol. The summed E-state index contributed by atoms with van der Waals surface area (Å²) in [5.74, 6) is 0.244. The molecule has 1 heterocycles. The number of amides is 2. The van der Waals surface area contributed by atoms with Gasteiger partial charge >= 0.3 is 0 Å². The number of carbonyl (C=O) groups excluding carboxylic acids is 2. The van der Waals surface area contributed by atoms with E-state index in [1.54, 1.807) is 23.9 Å². The van der Waals surface area contributed by atoms with Crippen molar-refractivity contribution in [2.24, 2.45) is 0 Å². The number of aryl methyl sites for hydroxylation is 2. The summed E-state index contributed by atoms with van der Waals surface area (Å²) in [4.78, 5) is 25.0. The molecule has 0 aliphatic heterocycles. The van der Waals surface area contributed by atoms with Gasteiger partial charge in [0.2, 0.25) is 11.0 Å². The number of anilines is 1. The van der Waals surface area contributed by atoms with Crippen LogP contribution < -0.4 is 10.6 Å². The maximum Gasteiger partial charge on any atom is 0.251 e. The number of nitrogens with one attached hydrogen (secondary N) is 2. The summed E-state index contributed by atoms with van der Waals surface area (Å²) in [5, 5.41) is 14.9. The number of carbonyl (C=O) groups is 2. The van der Waals surface area contributed by atoms with E-state index in [0.29, 0.717) is 17.1 Å². The minimum Gasteiger partial charge on any atom is -0.340 e. The van der Waals surface area contributed by atoms with Crippen molar-refractivity contribution in [1.29, 1.82) is 0 Å². The second-order valence-electron chi connectivity index (χ2n) is 5.52. The molecular weight excluding hydrogens is 356 g/mol. The van der Waals surface area contributed by atoms with Gasteiger partial charge in [-0.3, -0.25) is 14.9 Å². The maximum atomic E-state index is 12.6. The molecule has 0 saturated carbocycles. The zero-order valence-corrected chi connectivity index (χ0v) is 16.2. The van der Waals surface area contributed by atoms with Gasteiger partial charge in [-0.25, -0.2) is 0 Å². The standard InChI is InChI=1S/C17H22N4O2S2/c1-4-14-20-21-17(25-14)19-16(23)13(8-9-24-3)18-15(22)12-7-5-6-11(2)10-12/h5-7,10,13H,4,8-9H2,1-3H3,(H,18,22)(H,19,21,23). The smallest absolute Gasteiger partial charge is 0.251 e. The summed E-state index contributed by atoms with van der Waals surface area (Å²) in [6, 6.07) is 6.68. The summed E-state index contributed by atoms with van der Waals surface area (Å²) in [7, 11) is 0. The molecule has 2 amide bonds. The van der Waals surface area contributed by atoms with Gasteiger partial charge in [0.1, 0.15) is 11.0 Å². The SMILES string of the molecule is CCc1nnc(NC(=O)C(CCSC)NC(=O)c2cccc(C)c2)s1. The third kappa shape index (κ3) is 5.82. The van der Waals surface area contributed by atoms with E-state index in [1.807, 2.05) is 32.2 Å². The van der Waals surface area contributed by atoms with E-state index in [0.717, 1.165) is 22.7 Å². The van der Waals surface area contributed by atoms with Gasteiger partial charge in [-0.15, -0.1) is 10.2 Å². The Hall–Kier alpha value is -1.93. The van der Waals surface area contributed by atoms with Crippen LogP contribution in [0.1, 0.15) is 34.3 Å². The Morgan fingerprint density at radius 3 is 2.76 bits per heavy atom. The fourth-order valence-electron chi connectivity index (χ4n) is 2.17. The Balaban J connectivity index is 2.06. The third-order valence-corrected chi connectivity index (χ3v) is 5.14. The molecule has 6 nitrogen and oxygen atoms in total. The van der Waals surface area contributed by atoms with Crippen molar-refractivity contribution in [2.45, 2.75) is 32.7 Å². The monoisotopic (exact) mass is 378 g/mol. The van der Waals surface area contributed by atoms with Crippen LogP contribution in [0.25, 0.3) is 0 Å². The first kappa shape index (κ1) is 19.4. The molecule has 1 unspecified atom stereocenters. The molecule has 0 spiro atoms. The number of aromatic nitrogens is 2.